The summed E-state index contributed by atoms with van der Waals surface area (Å²) in [6.07, 6.45) is 0. The van der Waals surface area contributed by atoms with Crippen LogP contribution in [-0.2, 0) is 24.4 Å². The molecule has 27 heavy (non-hydrogen) atoms. The van der Waals surface area contributed by atoms with Crippen LogP contribution in [0.4, 0.5) is 0 Å². The minimum atomic E-state index is -0.395. The lowest BCUT2D eigenvalue weighted by molar-refractivity contribution is -0.122. The van der Waals surface area contributed by atoms with Crippen molar-refractivity contribution in [3.05, 3.63) is 80.4 Å². The second kappa shape index (κ2) is 8.01. The highest BCUT2D eigenvalue weighted by atomic mass is 16.2. The lowest BCUT2D eigenvalue weighted by Crippen LogP contribution is -2.36. The summed E-state index contributed by atoms with van der Waals surface area (Å²) >= 11 is 0. The summed E-state index contributed by atoms with van der Waals surface area (Å²) < 4.78 is 1.04. The van der Waals surface area contributed by atoms with E-state index in [9.17, 15) is 14.4 Å². The number of aromatic amines is 1. The molecule has 7 heteroatoms. The van der Waals surface area contributed by atoms with Gasteiger partial charge in [0, 0.05) is 13.1 Å². The Labute approximate surface area is 156 Å². The van der Waals surface area contributed by atoms with Gasteiger partial charge in [-0.1, -0.05) is 36.4 Å². The molecule has 3 rings (SSSR count). The number of carbonyl (C=O) groups excluding carboxylic acids is 1. The zero-order chi connectivity index (χ0) is 19.4. The number of rotatable bonds is 6. The largest absolute Gasteiger partial charge is 0.350 e. The molecule has 7 nitrogen and oxygen atoms in total. The number of carbonyl (C=O) groups is 1. The van der Waals surface area contributed by atoms with E-state index in [4.69, 9.17) is 0 Å². The molecular formula is C20H22N4O3. The van der Waals surface area contributed by atoms with Crippen molar-refractivity contribution in [2.24, 2.45) is 0 Å². The minimum absolute atomic E-state index is 0.238. The van der Waals surface area contributed by atoms with Crippen LogP contribution in [0.3, 0.4) is 0 Å². The molecule has 0 aliphatic rings. The number of nitrogens with zero attached hydrogens (tertiary/aromatic N) is 2. The Hall–Kier alpha value is -3.19. The molecule has 0 radical (unpaired) electrons. The van der Waals surface area contributed by atoms with Gasteiger partial charge >= 0.3 is 0 Å². The Balaban J connectivity index is 1.66. The SMILES string of the molecule is CN(C)Cc1ccc(CNC(=O)Cn2[nH]c(=O)c3ccccc3c2=O)cc1. The monoisotopic (exact) mass is 366 g/mol. The van der Waals surface area contributed by atoms with Gasteiger partial charge in [-0.05, 0) is 37.4 Å². The number of H-pyrrole nitrogens is 1. The Kier molecular flexibility index (Phi) is 5.52. The van der Waals surface area contributed by atoms with Crippen molar-refractivity contribution in [2.75, 3.05) is 14.1 Å². The van der Waals surface area contributed by atoms with Crippen LogP contribution < -0.4 is 16.4 Å². The third-order valence-corrected chi connectivity index (χ3v) is 4.20. The molecule has 1 heterocycles. The Morgan fingerprint density at radius 1 is 1.00 bits per heavy atom. The summed E-state index contributed by atoms with van der Waals surface area (Å²) in [5, 5.41) is 5.84. The summed E-state index contributed by atoms with van der Waals surface area (Å²) in [5.41, 5.74) is 1.36. The van der Waals surface area contributed by atoms with Gasteiger partial charge in [0.2, 0.25) is 5.91 Å². The average molecular weight is 366 g/mol. The Bertz CT molecular complexity index is 1070. The van der Waals surface area contributed by atoms with Crippen LogP contribution in [0.2, 0.25) is 0 Å². The topological polar surface area (TPSA) is 87.2 Å². The predicted molar refractivity (Wildman–Crippen MR) is 105 cm³/mol. The van der Waals surface area contributed by atoms with Crippen LogP contribution >= 0.6 is 0 Å². The molecule has 140 valence electrons. The van der Waals surface area contributed by atoms with Gasteiger partial charge in [0.05, 0.1) is 10.8 Å². The number of aromatic nitrogens is 2. The van der Waals surface area contributed by atoms with Crippen molar-refractivity contribution in [3.63, 3.8) is 0 Å². The number of hydrogen-bond donors (Lipinski definition) is 2. The highest BCUT2D eigenvalue weighted by Gasteiger charge is 2.10. The normalized spacial score (nSPS) is 11.1. The fraction of sp³-hybridized carbons (Fsp3) is 0.250. The zero-order valence-corrected chi connectivity index (χ0v) is 15.4. The number of nitrogens with one attached hydrogen (secondary N) is 2. The predicted octanol–water partition coefficient (Wildman–Crippen LogP) is 1.07. The maximum atomic E-state index is 12.4. The zero-order valence-electron chi connectivity index (χ0n) is 15.4. The van der Waals surface area contributed by atoms with Crippen molar-refractivity contribution in [1.29, 1.82) is 0 Å². The van der Waals surface area contributed by atoms with Gasteiger partial charge in [0.1, 0.15) is 6.54 Å². The third kappa shape index (κ3) is 4.51. The Morgan fingerprint density at radius 2 is 1.63 bits per heavy atom. The quantitative estimate of drug-likeness (QED) is 0.683. The van der Waals surface area contributed by atoms with E-state index in [0.717, 1.165) is 16.8 Å². The van der Waals surface area contributed by atoms with Crippen LogP contribution in [0, 0.1) is 0 Å². The first-order valence-electron chi connectivity index (χ1n) is 8.65. The van der Waals surface area contributed by atoms with Gasteiger partial charge in [0.25, 0.3) is 11.1 Å². The second-order valence-electron chi connectivity index (χ2n) is 6.71. The molecule has 0 unspecified atom stereocenters. The maximum Gasteiger partial charge on any atom is 0.273 e. The van der Waals surface area contributed by atoms with E-state index >= 15 is 0 Å². The second-order valence-corrected chi connectivity index (χ2v) is 6.71. The van der Waals surface area contributed by atoms with Gasteiger partial charge in [-0.15, -0.1) is 0 Å². The highest BCUT2D eigenvalue weighted by Crippen LogP contribution is 2.06. The van der Waals surface area contributed by atoms with Gasteiger partial charge in [0.15, 0.2) is 0 Å². The summed E-state index contributed by atoms with van der Waals surface area (Å²) in [6.45, 7) is 0.968. The van der Waals surface area contributed by atoms with E-state index in [1.54, 1.807) is 24.3 Å². The molecule has 0 saturated carbocycles. The minimum Gasteiger partial charge on any atom is -0.350 e. The molecule has 2 aromatic carbocycles. The molecule has 2 N–H and O–H groups in total. The highest BCUT2D eigenvalue weighted by molar-refractivity contribution is 5.81. The molecule has 1 aromatic heterocycles. The van der Waals surface area contributed by atoms with E-state index in [1.807, 2.05) is 38.4 Å². The van der Waals surface area contributed by atoms with Crippen LogP contribution in [0.1, 0.15) is 11.1 Å². The summed E-state index contributed by atoms with van der Waals surface area (Å²) in [5.74, 6) is -0.347. The van der Waals surface area contributed by atoms with Gasteiger partial charge in [-0.25, -0.2) is 4.68 Å². The van der Waals surface area contributed by atoms with Crippen LogP contribution in [0.15, 0.2) is 58.1 Å². The van der Waals surface area contributed by atoms with E-state index in [1.165, 1.54) is 5.56 Å². The number of amides is 1. The molecule has 0 aliphatic heterocycles. The molecular weight excluding hydrogens is 344 g/mol. The van der Waals surface area contributed by atoms with Crippen LogP contribution in [0.5, 0.6) is 0 Å². The third-order valence-electron chi connectivity index (χ3n) is 4.20. The van der Waals surface area contributed by atoms with E-state index < -0.39 is 11.1 Å². The molecule has 0 spiro atoms. The van der Waals surface area contributed by atoms with E-state index in [-0.39, 0.29) is 12.5 Å². The standard InChI is InChI=1S/C20H22N4O3/c1-23(2)12-15-9-7-14(8-10-15)11-21-18(25)13-24-20(27)17-6-4-3-5-16(17)19(26)22-24/h3-10H,11-13H2,1-2H3,(H,21,25)(H,22,26). The number of hydrogen-bond acceptors (Lipinski definition) is 4. The van der Waals surface area contributed by atoms with E-state index in [0.29, 0.717) is 17.3 Å². The van der Waals surface area contributed by atoms with Crippen molar-refractivity contribution in [3.8, 4) is 0 Å². The van der Waals surface area contributed by atoms with E-state index in [2.05, 4.69) is 15.3 Å². The Morgan fingerprint density at radius 3 is 2.30 bits per heavy atom. The molecule has 0 aliphatic carbocycles. The van der Waals surface area contributed by atoms with Crippen molar-refractivity contribution in [2.45, 2.75) is 19.6 Å². The lowest BCUT2D eigenvalue weighted by Gasteiger charge is -2.11. The number of benzene rings is 2. The smallest absolute Gasteiger partial charge is 0.273 e. The molecule has 0 atom stereocenters. The average Bonchev–Trinajstić information content (AvgIpc) is 2.65. The van der Waals surface area contributed by atoms with Crippen LogP contribution in [-0.4, -0.2) is 34.7 Å². The molecule has 1 amide bonds. The van der Waals surface area contributed by atoms with Crippen molar-refractivity contribution >= 4 is 16.7 Å². The fourth-order valence-electron chi connectivity index (χ4n) is 2.89. The summed E-state index contributed by atoms with van der Waals surface area (Å²) in [4.78, 5) is 38.8. The molecule has 0 bridgehead atoms. The van der Waals surface area contributed by atoms with Gasteiger partial charge < -0.3 is 10.2 Å². The summed E-state index contributed by atoms with van der Waals surface area (Å²) in [7, 11) is 4.01. The fourth-order valence-corrected chi connectivity index (χ4v) is 2.89. The first-order valence-corrected chi connectivity index (χ1v) is 8.65. The molecule has 0 fully saturated rings. The maximum absolute atomic E-state index is 12.4. The first-order chi connectivity index (χ1) is 12.9. The first kappa shape index (κ1) is 18.6. The van der Waals surface area contributed by atoms with Crippen molar-refractivity contribution in [1.82, 2.24) is 20.0 Å². The van der Waals surface area contributed by atoms with Crippen molar-refractivity contribution < 1.29 is 4.79 Å². The van der Waals surface area contributed by atoms with Gasteiger partial charge in [-0.3, -0.25) is 19.5 Å². The summed E-state index contributed by atoms with van der Waals surface area (Å²) in [6, 6.07) is 14.5. The lowest BCUT2D eigenvalue weighted by atomic mass is 10.1. The molecule has 3 aromatic rings. The van der Waals surface area contributed by atoms with Gasteiger partial charge in [-0.2, -0.15) is 0 Å². The molecule has 0 saturated heterocycles. The van der Waals surface area contributed by atoms with Crippen LogP contribution in [0.25, 0.3) is 10.8 Å². The number of fused-ring (bicyclic) bond motifs is 1.